The summed E-state index contributed by atoms with van der Waals surface area (Å²) in [6.45, 7) is 83.4. The smallest absolute Gasteiger partial charge is 0.0575 e. The molecule has 0 aliphatic heterocycles. The fourth-order valence-corrected chi connectivity index (χ4v) is 215. The molecule has 0 aromatic rings. The molecule has 0 N–H and O–H groups in total. The zero-order valence-corrected chi connectivity index (χ0v) is 55.1. The van der Waals surface area contributed by atoms with Gasteiger partial charge in [0.15, 0.2) is 0 Å². The van der Waals surface area contributed by atoms with E-state index < -0.39 is 87.2 Å². The molecule has 49 heavy (non-hydrogen) atoms. The van der Waals surface area contributed by atoms with E-state index in [1.807, 2.05) is 0 Å². The van der Waals surface area contributed by atoms with E-state index in [0.29, 0.717) is 0 Å². The topological polar surface area (TPSA) is 0 Å². The molecule has 0 aromatic heterocycles. The monoisotopic (exact) mass is 928 g/mol. The number of hydrogen-bond donors (Lipinski definition) is 0. The summed E-state index contributed by atoms with van der Waals surface area (Å²) in [6, 6.07) is 0. The second-order valence-corrected chi connectivity index (χ2v) is 99.0. The van der Waals surface area contributed by atoms with Crippen molar-refractivity contribution in [2.24, 2.45) is 0 Å². The van der Waals surface area contributed by atoms with Crippen LogP contribution in [0.5, 0.6) is 0 Å². The fourth-order valence-electron chi connectivity index (χ4n) is 14.2. The Morgan fingerprint density at radius 2 is 0.531 bits per heavy atom. The first-order chi connectivity index (χ1) is 20.0. The zero-order valence-electron chi connectivity index (χ0n) is 40.2. The van der Waals surface area contributed by atoms with E-state index in [9.17, 15) is 0 Å². The largest absolute Gasteiger partial charge is 0.358 e. The van der Waals surface area contributed by atoms with Gasteiger partial charge >= 0.3 is 0 Å². The first-order valence-electron chi connectivity index (χ1n) is 19.6. The predicted molar refractivity (Wildman–Crippen MR) is 267 cm³/mol. The van der Waals surface area contributed by atoms with Crippen LogP contribution in [0.1, 0.15) is 27.7 Å². The van der Waals surface area contributed by atoms with Gasteiger partial charge in [0, 0.05) is 84.1 Å². The molecule has 0 amide bonds. The van der Waals surface area contributed by atoms with Crippen molar-refractivity contribution in [3.05, 3.63) is 7.43 Å². The molecule has 0 aliphatic carbocycles. The van der Waals surface area contributed by atoms with Crippen LogP contribution in [0, 0.1) is 7.43 Å². The summed E-state index contributed by atoms with van der Waals surface area (Å²) in [5, 5.41) is 0. The molecule has 1 radical (unpaired) electrons. The SMILES string of the molecule is CC(C)[Si](/[Si]=[Si](\C)[Si](C(C)C)(C([Si](C)(C)C)[Si](C)(C)C)C([Si](C)(C)C)[Si](C)(C)C)(C([Si](C)(C)C)[Si](C)(C)C)C([Si](C)(C)C)[Si](C)(C)C.[CH3-].[Zn]. The molecule has 0 aliphatic rings. The molecule has 0 saturated heterocycles. The maximum Gasteiger partial charge on any atom is 0.0575 e. The molecule has 0 atom stereocenters. The quantitative estimate of drug-likeness (QED) is 0.107. The molecule has 0 spiro atoms. The molecule has 291 valence electrons. The van der Waals surface area contributed by atoms with Crippen molar-refractivity contribution >= 4 is 95.3 Å². The Morgan fingerprint density at radius 3 is 0.653 bits per heavy atom. The van der Waals surface area contributed by atoms with Crippen LogP contribution in [-0.4, -0.2) is 95.3 Å². The van der Waals surface area contributed by atoms with E-state index >= 15 is 0 Å². The summed E-state index contributed by atoms with van der Waals surface area (Å²) in [5.74, 6) is 0. The second-order valence-electron chi connectivity index (χ2n) is 25.6. The van der Waals surface area contributed by atoms with Crippen LogP contribution < -0.4 is 0 Å². The van der Waals surface area contributed by atoms with Crippen LogP contribution in [-0.2, 0) is 19.5 Å². The van der Waals surface area contributed by atoms with E-state index in [2.05, 4.69) is 191 Å². The molecule has 0 unspecified atom stereocenters. The van der Waals surface area contributed by atoms with Gasteiger partial charge in [0.25, 0.3) is 0 Å². The van der Waals surface area contributed by atoms with Crippen molar-refractivity contribution in [2.75, 3.05) is 0 Å². The minimum Gasteiger partial charge on any atom is -0.358 e. The van der Waals surface area contributed by atoms with Crippen molar-refractivity contribution in [1.82, 2.24) is 0 Å². The third-order valence-corrected chi connectivity index (χ3v) is 123. The summed E-state index contributed by atoms with van der Waals surface area (Å²) in [5.41, 5.74) is 1.84. The van der Waals surface area contributed by atoms with E-state index in [4.69, 9.17) is 0 Å². The third-order valence-electron chi connectivity index (χ3n) is 11.8. The van der Waals surface area contributed by atoms with Crippen molar-refractivity contribution in [2.45, 2.75) is 222 Å². The molecule has 0 aromatic carbocycles. The summed E-state index contributed by atoms with van der Waals surface area (Å²) in [7, 11) is -14.5. The van der Waals surface area contributed by atoms with Crippen LogP contribution >= 0.6 is 0 Å². The van der Waals surface area contributed by atoms with Crippen LogP contribution in [0.4, 0.5) is 0 Å². The van der Waals surface area contributed by atoms with Gasteiger partial charge in [-0.3, -0.25) is 0 Å². The standard InChI is InChI=1S/C35H93Si12.CH3.Zn/c1-30(2)46(32(38(6,7)8)39(9,10)11,33(40(12,13)14)41(15,16)17)36-37(5)47(31(3)4,34(42(18,19)20)43(21,22)23)35(44(24,25)26)45(27,28)29;;/h30-35H,1-29H3;1H3;/q;-1;. The average molecular weight is 932 g/mol. The molecule has 0 nitrogen and oxygen atoms in total. The Hall–Kier alpha value is 3.23. The Balaban J connectivity index is -0.0000106. The average Bonchev–Trinajstić information content (AvgIpc) is 2.63. The van der Waals surface area contributed by atoms with Gasteiger partial charge in [-0.1, -0.05) is 222 Å². The molecule has 0 fully saturated rings. The number of rotatable bonds is 16. The van der Waals surface area contributed by atoms with Crippen LogP contribution in [0.2, 0.25) is 194 Å². The summed E-state index contributed by atoms with van der Waals surface area (Å²) in [6.07, 6.45) is 0. The minimum atomic E-state index is -1.80. The molecule has 0 heterocycles. The molecular formula is C36H96Si12Zn-. The Bertz CT molecular complexity index is 941. The van der Waals surface area contributed by atoms with Gasteiger partial charge in [-0.05, 0) is 15.5 Å². The van der Waals surface area contributed by atoms with Gasteiger partial charge in [-0.25, -0.2) is 0 Å². The van der Waals surface area contributed by atoms with Gasteiger partial charge in [0.1, 0.15) is 0 Å². The normalized spacial score (nSPS) is 15.9. The maximum absolute atomic E-state index is 3.12. The fraction of sp³-hybridized carbons (Fsp3) is 0.972. The van der Waals surface area contributed by atoms with E-state index in [1.54, 1.807) is 0 Å². The van der Waals surface area contributed by atoms with Crippen LogP contribution in [0.15, 0.2) is 0 Å². The van der Waals surface area contributed by atoms with Gasteiger partial charge in [0.2, 0.25) is 0 Å². The first kappa shape index (κ1) is 56.6. The molecule has 13 heteroatoms. The molecule has 0 rings (SSSR count). The van der Waals surface area contributed by atoms with E-state index in [1.165, 1.54) is 8.13 Å². The minimum absolute atomic E-state index is 0. The van der Waals surface area contributed by atoms with Crippen molar-refractivity contribution in [3.63, 3.8) is 0 Å². The van der Waals surface area contributed by atoms with Crippen molar-refractivity contribution in [3.8, 4) is 0 Å². The summed E-state index contributed by atoms with van der Waals surface area (Å²) in [4.78, 5) is 4.51. The Labute approximate surface area is 340 Å². The molecule has 0 bridgehead atoms. The van der Waals surface area contributed by atoms with Crippen LogP contribution in [0.3, 0.4) is 0 Å². The van der Waals surface area contributed by atoms with Crippen molar-refractivity contribution < 1.29 is 19.5 Å². The third kappa shape index (κ3) is 12.9. The predicted octanol–water partition coefficient (Wildman–Crippen LogP) is 14.6. The van der Waals surface area contributed by atoms with E-state index in [-0.39, 0.29) is 26.9 Å². The van der Waals surface area contributed by atoms with Gasteiger partial charge in [-0.2, -0.15) is 0 Å². The molecule has 0 saturated carbocycles. The van der Waals surface area contributed by atoms with Crippen LogP contribution in [0.25, 0.3) is 0 Å². The van der Waals surface area contributed by atoms with E-state index in [0.717, 1.165) is 30.2 Å². The van der Waals surface area contributed by atoms with Gasteiger partial charge in [-0.15, -0.1) is 0 Å². The first-order valence-corrected chi connectivity index (χ1v) is 58.7. The second kappa shape index (κ2) is 17.8. The summed E-state index contributed by atoms with van der Waals surface area (Å²) >= 11 is 0. The Morgan fingerprint density at radius 1 is 0.347 bits per heavy atom. The zero-order chi connectivity index (χ0) is 38.7. The van der Waals surface area contributed by atoms with Crippen molar-refractivity contribution in [1.29, 1.82) is 0 Å². The summed E-state index contributed by atoms with van der Waals surface area (Å²) < 4.78 is 0. The Kier molecular flexibility index (Phi) is 20.5. The number of hydrogen-bond acceptors (Lipinski definition) is 0. The van der Waals surface area contributed by atoms with Gasteiger partial charge in [0.05, 0.1) is 15.2 Å². The molecular weight excluding hydrogens is 835 g/mol. The maximum atomic E-state index is 3.12. The van der Waals surface area contributed by atoms with Gasteiger partial charge < -0.3 is 7.43 Å².